The molecule has 0 aromatic rings. The minimum atomic E-state index is 0.0158. The summed E-state index contributed by atoms with van der Waals surface area (Å²) < 4.78 is 0. The van der Waals surface area contributed by atoms with Crippen LogP contribution in [0.15, 0.2) is 23.3 Å². The summed E-state index contributed by atoms with van der Waals surface area (Å²) in [7, 11) is 0. The first-order chi connectivity index (χ1) is 4.72. The molecule has 50 valence electrons. The molecule has 0 bridgehead atoms. The van der Waals surface area contributed by atoms with Crippen molar-refractivity contribution in [2.45, 2.75) is 6.92 Å². The molecule has 0 aromatic carbocycles. The third-order valence-corrected chi connectivity index (χ3v) is 1.99. The molecule has 2 nitrogen and oxygen atoms in total. The molecule has 0 saturated carbocycles. The molecule has 0 heterocycles. The van der Waals surface area contributed by atoms with Gasteiger partial charge in [-0.25, -0.2) is 0 Å². The fourth-order valence-corrected chi connectivity index (χ4v) is 1.36. The summed E-state index contributed by atoms with van der Waals surface area (Å²) >= 11 is 0. The van der Waals surface area contributed by atoms with Gasteiger partial charge in [0.05, 0.1) is 0 Å². The number of hydrogen-bond acceptors (Lipinski definition) is 2. The Hall–Kier alpha value is -1.18. The maximum absolute atomic E-state index is 10.9. The highest BCUT2D eigenvalue weighted by molar-refractivity contribution is 6.26. The zero-order chi connectivity index (χ0) is 7.30. The van der Waals surface area contributed by atoms with Crippen LogP contribution in [0.2, 0.25) is 0 Å². The van der Waals surface area contributed by atoms with E-state index in [2.05, 4.69) is 0 Å². The lowest BCUT2D eigenvalue weighted by Crippen LogP contribution is -1.97. The third-order valence-electron chi connectivity index (χ3n) is 1.99. The quantitative estimate of drug-likeness (QED) is 0.455. The molecule has 0 N–H and O–H groups in total. The summed E-state index contributed by atoms with van der Waals surface area (Å²) in [6, 6.07) is 0. The minimum Gasteiger partial charge on any atom is -0.290 e. The minimum absolute atomic E-state index is 0.0158. The van der Waals surface area contributed by atoms with Gasteiger partial charge in [0, 0.05) is 17.1 Å². The molecule has 2 aliphatic carbocycles. The van der Waals surface area contributed by atoms with E-state index in [0.29, 0.717) is 0 Å². The van der Waals surface area contributed by atoms with Crippen molar-refractivity contribution in [3.63, 3.8) is 0 Å². The molecule has 0 unspecified atom stereocenters. The van der Waals surface area contributed by atoms with Crippen molar-refractivity contribution in [2.75, 3.05) is 0 Å². The van der Waals surface area contributed by atoms with Gasteiger partial charge in [0.1, 0.15) is 0 Å². The first kappa shape index (κ1) is 5.59. The smallest absolute Gasteiger partial charge is 0.183 e. The number of rotatable bonds is 0. The highest BCUT2D eigenvalue weighted by Gasteiger charge is 2.42. The van der Waals surface area contributed by atoms with Crippen LogP contribution in [0.4, 0.5) is 0 Å². The average Bonchev–Trinajstić information content (AvgIpc) is 2.55. The SMILES string of the molecule is CC1C2=C1C(=O)C=CC2=O. The topological polar surface area (TPSA) is 34.1 Å². The van der Waals surface area contributed by atoms with Crippen LogP contribution in [0.1, 0.15) is 6.92 Å². The summed E-state index contributed by atoms with van der Waals surface area (Å²) in [6.45, 7) is 1.88. The zero-order valence-corrected chi connectivity index (χ0v) is 5.55. The summed E-state index contributed by atoms with van der Waals surface area (Å²) in [5.41, 5.74) is 1.46. The van der Waals surface area contributed by atoms with Gasteiger partial charge in [0.25, 0.3) is 0 Å². The van der Waals surface area contributed by atoms with E-state index in [1.54, 1.807) is 0 Å². The van der Waals surface area contributed by atoms with E-state index in [4.69, 9.17) is 0 Å². The molecular formula is C8H6O2. The molecule has 10 heavy (non-hydrogen) atoms. The standard InChI is InChI=1S/C8H6O2/c1-4-7-5(9)2-3-6(10)8(4)7/h2-4H,1H3. The van der Waals surface area contributed by atoms with Crippen LogP contribution in [0.3, 0.4) is 0 Å². The van der Waals surface area contributed by atoms with Crippen LogP contribution in [-0.2, 0) is 9.59 Å². The molecular weight excluding hydrogens is 128 g/mol. The Kier molecular flexibility index (Phi) is 0.813. The number of carbonyl (C=O) groups is 2. The van der Waals surface area contributed by atoms with Gasteiger partial charge in [0.15, 0.2) is 11.6 Å². The van der Waals surface area contributed by atoms with Crippen LogP contribution < -0.4 is 0 Å². The van der Waals surface area contributed by atoms with E-state index >= 15 is 0 Å². The van der Waals surface area contributed by atoms with Crippen molar-refractivity contribution in [2.24, 2.45) is 5.92 Å². The normalized spacial score (nSPS) is 23.7. The van der Waals surface area contributed by atoms with Gasteiger partial charge in [-0.2, -0.15) is 0 Å². The third kappa shape index (κ3) is 0.485. The van der Waals surface area contributed by atoms with Gasteiger partial charge in [-0.3, -0.25) is 9.59 Å². The van der Waals surface area contributed by atoms with Crippen molar-refractivity contribution in [1.82, 2.24) is 0 Å². The Bertz CT molecular complexity index is 266. The van der Waals surface area contributed by atoms with Crippen LogP contribution in [0, 0.1) is 5.92 Å². The molecule has 0 spiro atoms. The predicted octanol–water partition coefficient (Wildman–Crippen LogP) is 0.641. The van der Waals surface area contributed by atoms with Gasteiger partial charge in [-0.05, 0) is 12.2 Å². The number of carbonyl (C=O) groups excluding carboxylic acids is 2. The molecule has 0 aliphatic heterocycles. The second-order valence-corrected chi connectivity index (χ2v) is 2.61. The molecule has 2 heteroatoms. The Labute approximate surface area is 58.2 Å². The Balaban J connectivity index is 2.43. The predicted molar refractivity (Wildman–Crippen MR) is 35.3 cm³/mol. The maximum atomic E-state index is 10.9. The zero-order valence-electron chi connectivity index (χ0n) is 5.55. The second kappa shape index (κ2) is 1.45. The van der Waals surface area contributed by atoms with E-state index in [1.807, 2.05) is 6.92 Å². The molecule has 2 rings (SSSR count). The largest absolute Gasteiger partial charge is 0.290 e. The second-order valence-electron chi connectivity index (χ2n) is 2.61. The summed E-state index contributed by atoms with van der Waals surface area (Å²) in [4.78, 5) is 21.8. The Morgan fingerprint density at radius 1 is 1.10 bits per heavy atom. The van der Waals surface area contributed by atoms with Crippen molar-refractivity contribution in [1.29, 1.82) is 0 Å². The van der Waals surface area contributed by atoms with Crippen molar-refractivity contribution < 1.29 is 9.59 Å². The van der Waals surface area contributed by atoms with E-state index in [1.165, 1.54) is 12.2 Å². The van der Waals surface area contributed by atoms with E-state index < -0.39 is 0 Å². The molecule has 0 aromatic heterocycles. The molecule has 0 atom stereocenters. The lowest BCUT2D eigenvalue weighted by Gasteiger charge is -1.86. The van der Waals surface area contributed by atoms with Crippen molar-refractivity contribution >= 4 is 11.6 Å². The van der Waals surface area contributed by atoms with E-state index in [9.17, 15) is 9.59 Å². The first-order valence-electron chi connectivity index (χ1n) is 3.22. The molecule has 0 fully saturated rings. The van der Waals surface area contributed by atoms with Crippen molar-refractivity contribution in [3.05, 3.63) is 23.3 Å². The fourth-order valence-electron chi connectivity index (χ4n) is 1.36. The van der Waals surface area contributed by atoms with Crippen LogP contribution in [0.5, 0.6) is 0 Å². The number of hydrogen-bond donors (Lipinski definition) is 0. The monoisotopic (exact) mass is 134 g/mol. The highest BCUT2D eigenvalue weighted by atomic mass is 16.1. The van der Waals surface area contributed by atoms with Gasteiger partial charge in [0.2, 0.25) is 0 Å². The van der Waals surface area contributed by atoms with Crippen LogP contribution in [-0.4, -0.2) is 11.6 Å². The summed E-state index contributed by atoms with van der Waals surface area (Å²) in [5.74, 6) is 0.166. The highest BCUT2D eigenvalue weighted by Crippen LogP contribution is 2.42. The maximum Gasteiger partial charge on any atom is 0.183 e. The molecule has 0 radical (unpaired) electrons. The lowest BCUT2D eigenvalue weighted by molar-refractivity contribution is -0.113. The first-order valence-corrected chi connectivity index (χ1v) is 3.22. The van der Waals surface area contributed by atoms with Gasteiger partial charge in [-0.15, -0.1) is 0 Å². The fraction of sp³-hybridized carbons (Fsp3) is 0.250. The molecule has 0 amide bonds. The van der Waals surface area contributed by atoms with E-state index in [0.717, 1.165) is 11.1 Å². The van der Waals surface area contributed by atoms with E-state index in [-0.39, 0.29) is 17.5 Å². The number of allylic oxidation sites excluding steroid dienone is 4. The van der Waals surface area contributed by atoms with Gasteiger partial charge >= 0.3 is 0 Å². The Morgan fingerprint density at radius 2 is 1.50 bits per heavy atom. The molecule has 2 aliphatic rings. The summed E-state index contributed by atoms with van der Waals surface area (Å²) in [5, 5.41) is 0. The van der Waals surface area contributed by atoms with Crippen LogP contribution >= 0.6 is 0 Å². The number of ketones is 2. The molecule has 0 saturated heterocycles. The van der Waals surface area contributed by atoms with Gasteiger partial charge < -0.3 is 0 Å². The average molecular weight is 134 g/mol. The van der Waals surface area contributed by atoms with Crippen molar-refractivity contribution in [3.8, 4) is 0 Å². The summed E-state index contributed by atoms with van der Waals surface area (Å²) in [6.07, 6.45) is 2.70. The Morgan fingerprint density at radius 3 is 1.90 bits per heavy atom. The van der Waals surface area contributed by atoms with Gasteiger partial charge in [-0.1, -0.05) is 6.92 Å². The van der Waals surface area contributed by atoms with Crippen LogP contribution in [0.25, 0.3) is 0 Å². The lowest BCUT2D eigenvalue weighted by atomic mass is 10.2.